The third-order valence-corrected chi connectivity index (χ3v) is 5.67. The van der Waals surface area contributed by atoms with Crippen molar-refractivity contribution in [3.05, 3.63) is 11.8 Å². The van der Waals surface area contributed by atoms with Gasteiger partial charge in [-0.3, -0.25) is 0 Å². The lowest BCUT2D eigenvalue weighted by atomic mass is 10.4. The second kappa shape index (κ2) is 6.30. The highest BCUT2D eigenvalue weighted by Crippen LogP contribution is 2.62. The maximum Gasteiger partial charge on any atom is 0.433 e. The molecule has 0 amide bonds. The van der Waals surface area contributed by atoms with Crippen LogP contribution in [-0.2, 0) is 19.8 Å². The Morgan fingerprint density at radius 3 is 2.20 bits per heavy atom. The van der Waals surface area contributed by atoms with E-state index < -0.39 is 18.7 Å². The third-order valence-electron chi connectivity index (χ3n) is 2.03. The van der Waals surface area contributed by atoms with Gasteiger partial charge in [0.25, 0.3) is 0 Å². The zero-order valence-electron chi connectivity index (χ0n) is 11.1. The first kappa shape index (κ1) is 17.2. The predicted octanol–water partition coefficient (Wildman–Crippen LogP) is 3.05. The summed E-state index contributed by atoms with van der Waals surface area (Å²) in [5.41, 5.74) is -1.13. The van der Waals surface area contributed by atoms with E-state index in [1.54, 1.807) is 0 Å². The summed E-state index contributed by atoms with van der Waals surface area (Å²) in [4.78, 5) is 8.57. The zero-order valence-corrected chi connectivity index (χ0v) is 12.8. The minimum Gasteiger partial charge on any atom is -0.347 e. The number of anilines is 1. The molecule has 0 atom stereocenters. The van der Waals surface area contributed by atoms with E-state index in [0.29, 0.717) is 17.4 Å². The summed E-state index contributed by atoms with van der Waals surface area (Å²) in [6, 6.07) is 0.697. The summed E-state index contributed by atoms with van der Waals surface area (Å²) in [5, 5.41) is -0.150. The van der Waals surface area contributed by atoms with E-state index in [4.69, 9.17) is 0 Å². The highest BCUT2D eigenvalue weighted by molar-refractivity contribution is 8.55. The lowest BCUT2D eigenvalue weighted by Gasteiger charge is -2.16. The van der Waals surface area contributed by atoms with Gasteiger partial charge in [0.05, 0.1) is 0 Å². The highest BCUT2D eigenvalue weighted by Gasteiger charge is 2.35. The molecule has 1 aromatic rings. The molecule has 0 aliphatic carbocycles. The quantitative estimate of drug-likeness (QED) is 0.607. The maximum atomic E-state index is 12.8. The number of alkyl halides is 3. The van der Waals surface area contributed by atoms with Gasteiger partial charge in [-0.05, 0) is 0 Å². The van der Waals surface area contributed by atoms with Crippen molar-refractivity contribution < 1.29 is 26.8 Å². The summed E-state index contributed by atoms with van der Waals surface area (Å²) < 4.78 is 59.5. The van der Waals surface area contributed by atoms with Crippen molar-refractivity contribution in [2.24, 2.45) is 0 Å². The maximum absolute atomic E-state index is 12.8. The van der Waals surface area contributed by atoms with Crippen molar-refractivity contribution in [1.29, 1.82) is 0 Å². The van der Waals surface area contributed by atoms with E-state index in [1.165, 1.54) is 19.0 Å². The number of nitrogens with zero attached hydrogens (tertiary/aromatic N) is 3. The molecular formula is C9H13F3N3O3PS. The molecule has 0 saturated heterocycles. The molecule has 20 heavy (non-hydrogen) atoms. The van der Waals surface area contributed by atoms with Crippen molar-refractivity contribution in [3.63, 3.8) is 0 Å². The van der Waals surface area contributed by atoms with Crippen LogP contribution in [-0.4, -0.2) is 38.3 Å². The number of aromatic nitrogens is 2. The first-order chi connectivity index (χ1) is 9.11. The minimum absolute atomic E-state index is 0.150. The van der Waals surface area contributed by atoms with Crippen LogP contribution >= 0.6 is 18.2 Å². The van der Waals surface area contributed by atoms with Gasteiger partial charge in [-0.15, -0.1) is 0 Å². The molecule has 1 aromatic heterocycles. The van der Waals surface area contributed by atoms with Gasteiger partial charge in [-0.1, -0.05) is 0 Å². The van der Waals surface area contributed by atoms with Crippen LogP contribution in [0.1, 0.15) is 5.69 Å². The molecule has 1 heterocycles. The van der Waals surface area contributed by atoms with Crippen molar-refractivity contribution in [2.75, 3.05) is 33.2 Å². The van der Waals surface area contributed by atoms with Crippen LogP contribution in [0.3, 0.4) is 0 Å². The lowest BCUT2D eigenvalue weighted by Crippen LogP contribution is -2.17. The number of hydrogen-bond acceptors (Lipinski definition) is 7. The molecule has 0 N–H and O–H groups in total. The molecule has 0 radical (unpaired) electrons. The van der Waals surface area contributed by atoms with E-state index in [9.17, 15) is 17.7 Å². The fourth-order valence-electron chi connectivity index (χ4n) is 1.07. The van der Waals surface area contributed by atoms with Crippen molar-refractivity contribution in [3.8, 4) is 0 Å². The fourth-order valence-corrected chi connectivity index (χ4v) is 3.30. The fraction of sp³-hybridized carbons (Fsp3) is 0.556. The number of halogens is 3. The van der Waals surface area contributed by atoms with Crippen LogP contribution in [0.4, 0.5) is 19.1 Å². The Labute approximate surface area is 118 Å². The Morgan fingerprint density at radius 1 is 1.25 bits per heavy atom. The van der Waals surface area contributed by atoms with Gasteiger partial charge in [0.1, 0.15) is 5.03 Å². The van der Waals surface area contributed by atoms with Crippen LogP contribution in [0, 0.1) is 0 Å². The molecule has 0 aromatic carbocycles. The first-order valence-electron chi connectivity index (χ1n) is 5.16. The molecule has 0 unspecified atom stereocenters. The van der Waals surface area contributed by atoms with E-state index >= 15 is 0 Å². The Hall–Kier alpha value is -0.830. The summed E-state index contributed by atoms with van der Waals surface area (Å²) in [7, 11) is 5.26. The van der Waals surface area contributed by atoms with Gasteiger partial charge in [0, 0.05) is 45.8 Å². The number of rotatable bonds is 5. The molecule has 0 fully saturated rings. The Balaban J connectivity index is 3.26. The third kappa shape index (κ3) is 4.34. The SMILES string of the molecule is COP(=O)(OC)Sc1cc(C(F)(F)F)nc(N(C)C)n1. The molecule has 0 aliphatic heterocycles. The molecule has 0 aliphatic rings. The highest BCUT2D eigenvalue weighted by atomic mass is 32.7. The van der Waals surface area contributed by atoms with Crippen molar-refractivity contribution in [2.45, 2.75) is 11.2 Å². The van der Waals surface area contributed by atoms with E-state index in [1.807, 2.05) is 0 Å². The molecular weight excluding hydrogens is 318 g/mol. The lowest BCUT2D eigenvalue weighted by molar-refractivity contribution is -0.141. The van der Waals surface area contributed by atoms with Gasteiger partial charge >= 0.3 is 13.0 Å². The summed E-state index contributed by atoms with van der Waals surface area (Å²) in [6.45, 7) is -3.58. The average molecular weight is 331 g/mol. The van der Waals surface area contributed by atoms with Crippen molar-refractivity contribution in [1.82, 2.24) is 9.97 Å². The van der Waals surface area contributed by atoms with Gasteiger partial charge in [0.2, 0.25) is 5.95 Å². The Kier molecular flexibility index (Phi) is 5.42. The predicted molar refractivity (Wildman–Crippen MR) is 68.8 cm³/mol. The molecule has 11 heteroatoms. The van der Waals surface area contributed by atoms with Gasteiger partial charge in [-0.2, -0.15) is 13.2 Å². The monoisotopic (exact) mass is 331 g/mol. The summed E-state index contributed by atoms with van der Waals surface area (Å²) in [5.74, 6) is -0.152. The van der Waals surface area contributed by atoms with Crippen molar-refractivity contribution >= 4 is 24.1 Å². The Bertz CT molecular complexity index is 519. The first-order valence-corrected chi connectivity index (χ1v) is 8.12. The summed E-state index contributed by atoms with van der Waals surface area (Å²) >= 11 is 0.486. The molecule has 0 saturated carbocycles. The smallest absolute Gasteiger partial charge is 0.347 e. The van der Waals surface area contributed by atoms with Gasteiger partial charge in [0.15, 0.2) is 5.69 Å². The largest absolute Gasteiger partial charge is 0.433 e. The van der Waals surface area contributed by atoms with Gasteiger partial charge in [-0.25, -0.2) is 14.5 Å². The summed E-state index contributed by atoms with van der Waals surface area (Å²) in [6.07, 6.45) is -4.63. The second-order valence-electron chi connectivity index (χ2n) is 3.69. The second-order valence-corrected chi connectivity index (χ2v) is 7.80. The van der Waals surface area contributed by atoms with Crippen LogP contribution in [0.15, 0.2) is 11.1 Å². The normalized spacial score (nSPS) is 12.6. The van der Waals surface area contributed by atoms with Crippen LogP contribution in [0.25, 0.3) is 0 Å². The molecule has 114 valence electrons. The topological polar surface area (TPSA) is 64.6 Å². The van der Waals surface area contributed by atoms with E-state index in [2.05, 4.69) is 19.0 Å². The average Bonchev–Trinajstić information content (AvgIpc) is 2.37. The van der Waals surface area contributed by atoms with Crippen LogP contribution in [0.5, 0.6) is 0 Å². The zero-order chi connectivity index (χ0) is 15.6. The molecule has 0 spiro atoms. The van der Waals surface area contributed by atoms with E-state index in [-0.39, 0.29) is 11.0 Å². The van der Waals surface area contributed by atoms with Crippen LogP contribution in [0.2, 0.25) is 0 Å². The molecule has 0 bridgehead atoms. The molecule has 1 rings (SSSR count). The van der Waals surface area contributed by atoms with Gasteiger partial charge < -0.3 is 13.9 Å². The molecule has 6 nitrogen and oxygen atoms in total. The number of hydrogen-bond donors (Lipinski definition) is 0. The van der Waals surface area contributed by atoms with Crippen LogP contribution < -0.4 is 4.90 Å². The van der Waals surface area contributed by atoms with E-state index in [0.717, 1.165) is 14.2 Å². The standard InChI is InChI=1S/C9H13F3N3O3PS/c1-15(2)8-13-6(9(10,11)12)5-7(14-8)20-19(16,17-3)18-4/h5H,1-4H3. The minimum atomic E-state index is -4.63. The Morgan fingerprint density at radius 2 is 1.80 bits per heavy atom.